The lowest BCUT2D eigenvalue weighted by atomic mass is 9.70. The first-order valence-corrected chi connectivity index (χ1v) is 7.36. The predicted molar refractivity (Wildman–Crippen MR) is 73.6 cm³/mol. The minimum atomic E-state index is 0.00192. The number of carbonyl (C=O) groups excluding carboxylic acids is 1. The molecule has 1 saturated heterocycles. The quantitative estimate of drug-likeness (QED) is 0.784. The third kappa shape index (κ3) is 2.34. The fraction of sp³-hybridized carbons (Fsp3) is 0.615. The lowest BCUT2D eigenvalue weighted by molar-refractivity contribution is 0.0849. The van der Waals surface area contributed by atoms with Gasteiger partial charge in [0.2, 0.25) is 0 Å². The van der Waals surface area contributed by atoms with E-state index in [4.69, 9.17) is 0 Å². The van der Waals surface area contributed by atoms with Gasteiger partial charge < -0.3 is 15.6 Å². The topological polar surface area (TPSA) is 56.9 Å². The Morgan fingerprint density at radius 1 is 1.50 bits per heavy atom. The molecule has 2 fully saturated rings. The number of piperidine rings is 1. The highest BCUT2D eigenvalue weighted by molar-refractivity contribution is 9.10. The van der Waals surface area contributed by atoms with Crippen molar-refractivity contribution in [2.75, 3.05) is 6.54 Å². The Kier molecular flexibility index (Phi) is 3.20. The van der Waals surface area contributed by atoms with E-state index in [1.165, 1.54) is 19.3 Å². The number of halogens is 1. The Bertz CT molecular complexity index is 453. The van der Waals surface area contributed by atoms with Gasteiger partial charge in [0.05, 0.1) is 0 Å². The standard InChI is InChI=1S/C13H18BrN3O/c14-9-6-11(15-8-9)12(18)17-10-2-5-16-13(7-10)3-1-4-13/h6,8,10,15-16H,1-5,7H2,(H,17,18). The van der Waals surface area contributed by atoms with Gasteiger partial charge in [0, 0.05) is 22.3 Å². The zero-order chi connectivity index (χ0) is 12.6. The summed E-state index contributed by atoms with van der Waals surface area (Å²) < 4.78 is 0.911. The smallest absolute Gasteiger partial charge is 0.267 e. The summed E-state index contributed by atoms with van der Waals surface area (Å²) in [6, 6.07) is 2.12. The van der Waals surface area contributed by atoms with E-state index in [2.05, 4.69) is 31.5 Å². The number of hydrogen-bond donors (Lipinski definition) is 3. The third-order valence-electron chi connectivity index (χ3n) is 4.17. The average Bonchev–Trinajstić information content (AvgIpc) is 2.74. The van der Waals surface area contributed by atoms with E-state index in [9.17, 15) is 4.79 Å². The van der Waals surface area contributed by atoms with Crippen LogP contribution in [0.15, 0.2) is 16.7 Å². The molecule has 0 bridgehead atoms. The Hall–Kier alpha value is -0.810. The Morgan fingerprint density at radius 3 is 2.94 bits per heavy atom. The summed E-state index contributed by atoms with van der Waals surface area (Å²) in [5, 5.41) is 6.75. The molecule has 1 amide bonds. The summed E-state index contributed by atoms with van der Waals surface area (Å²) in [6.07, 6.45) is 7.71. The molecule has 0 aromatic carbocycles. The lowest BCUT2D eigenvalue weighted by Gasteiger charge is -2.48. The van der Waals surface area contributed by atoms with Crippen molar-refractivity contribution in [2.45, 2.75) is 43.7 Å². The number of aromatic amines is 1. The number of nitrogens with one attached hydrogen (secondary N) is 3. The Morgan fingerprint density at radius 2 is 2.33 bits per heavy atom. The van der Waals surface area contributed by atoms with E-state index in [-0.39, 0.29) is 5.91 Å². The molecule has 3 N–H and O–H groups in total. The van der Waals surface area contributed by atoms with Gasteiger partial charge in [-0.2, -0.15) is 0 Å². The van der Waals surface area contributed by atoms with E-state index >= 15 is 0 Å². The van der Waals surface area contributed by atoms with E-state index in [1.807, 2.05) is 6.07 Å². The molecular formula is C13H18BrN3O. The van der Waals surface area contributed by atoms with E-state index in [0.29, 0.717) is 17.3 Å². The maximum atomic E-state index is 12.1. The van der Waals surface area contributed by atoms with Crippen molar-refractivity contribution in [1.29, 1.82) is 0 Å². The van der Waals surface area contributed by atoms with Gasteiger partial charge in [-0.3, -0.25) is 4.79 Å². The van der Waals surface area contributed by atoms with Gasteiger partial charge in [-0.05, 0) is 60.6 Å². The van der Waals surface area contributed by atoms with Crippen LogP contribution in [0.4, 0.5) is 0 Å². The summed E-state index contributed by atoms with van der Waals surface area (Å²) in [4.78, 5) is 15.0. The highest BCUT2D eigenvalue weighted by Crippen LogP contribution is 2.38. The number of carbonyl (C=O) groups is 1. The molecule has 2 heterocycles. The molecule has 1 spiro atoms. The van der Waals surface area contributed by atoms with Crippen molar-refractivity contribution in [3.63, 3.8) is 0 Å². The van der Waals surface area contributed by atoms with Crippen molar-refractivity contribution in [2.24, 2.45) is 0 Å². The fourth-order valence-electron chi connectivity index (χ4n) is 3.03. The van der Waals surface area contributed by atoms with Crippen LogP contribution in [-0.4, -0.2) is 29.0 Å². The minimum Gasteiger partial charge on any atom is -0.356 e. The van der Waals surface area contributed by atoms with Crippen LogP contribution >= 0.6 is 15.9 Å². The number of rotatable bonds is 2. The van der Waals surface area contributed by atoms with Crippen LogP contribution in [0.3, 0.4) is 0 Å². The van der Waals surface area contributed by atoms with Crippen LogP contribution in [0.2, 0.25) is 0 Å². The van der Waals surface area contributed by atoms with Crippen LogP contribution in [0.1, 0.15) is 42.6 Å². The van der Waals surface area contributed by atoms with Crippen molar-refractivity contribution in [1.82, 2.24) is 15.6 Å². The minimum absolute atomic E-state index is 0.00192. The van der Waals surface area contributed by atoms with Crippen LogP contribution in [-0.2, 0) is 0 Å². The second kappa shape index (κ2) is 4.70. The first-order chi connectivity index (χ1) is 8.67. The molecule has 2 aliphatic rings. The van der Waals surface area contributed by atoms with Crippen molar-refractivity contribution < 1.29 is 4.79 Å². The first-order valence-electron chi connectivity index (χ1n) is 6.57. The van der Waals surface area contributed by atoms with Gasteiger partial charge >= 0.3 is 0 Å². The lowest BCUT2D eigenvalue weighted by Crippen LogP contribution is -2.59. The molecular weight excluding hydrogens is 294 g/mol. The molecule has 1 atom stereocenters. The summed E-state index contributed by atoms with van der Waals surface area (Å²) in [7, 11) is 0. The van der Waals surface area contributed by atoms with Crippen LogP contribution < -0.4 is 10.6 Å². The zero-order valence-corrected chi connectivity index (χ0v) is 11.8. The zero-order valence-electron chi connectivity index (χ0n) is 10.3. The largest absolute Gasteiger partial charge is 0.356 e. The third-order valence-corrected chi connectivity index (χ3v) is 4.63. The maximum absolute atomic E-state index is 12.1. The molecule has 98 valence electrons. The molecule has 1 aliphatic carbocycles. The van der Waals surface area contributed by atoms with Crippen molar-refractivity contribution in [3.8, 4) is 0 Å². The number of aromatic nitrogens is 1. The summed E-state index contributed by atoms with van der Waals surface area (Å²) in [5.74, 6) is 0.00192. The van der Waals surface area contributed by atoms with Crippen molar-refractivity contribution in [3.05, 3.63) is 22.4 Å². The van der Waals surface area contributed by atoms with Gasteiger partial charge in [0.15, 0.2) is 0 Å². The molecule has 1 saturated carbocycles. The normalized spacial score (nSPS) is 25.7. The monoisotopic (exact) mass is 311 g/mol. The predicted octanol–water partition coefficient (Wildman–Crippen LogP) is 2.18. The van der Waals surface area contributed by atoms with E-state index in [1.54, 1.807) is 6.20 Å². The highest BCUT2D eigenvalue weighted by atomic mass is 79.9. The van der Waals surface area contributed by atoms with Gasteiger partial charge in [-0.25, -0.2) is 0 Å². The van der Waals surface area contributed by atoms with Crippen LogP contribution in [0.5, 0.6) is 0 Å². The van der Waals surface area contributed by atoms with Gasteiger partial charge in [-0.1, -0.05) is 0 Å². The Balaban J connectivity index is 1.60. The van der Waals surface area contributed by atoms with Gasteiger partial charge in [0.1, 0.15) is 5.69 Å². The summed E-state index contributed by atoms with van der Waals surface area (Å²) in [6.45, 7) is 1.01. The van der Waals surface area contributed by atoms with Gasteiger partial charge in [-0.15, -0.1) is 0 Å². The average molecular weight is 312 g/mol. The maximum Gasteiger partial charge on any atom is 0.267 e. The molecule has 18 heavy (non-hydrogen) atoms. The van der Waals surface area contributed by atoms with E-state index in [0.717, 1.165) is 23.9 Å². The first kappa shape index (κ1) is 12.2. The molecule has 1 aliphatic heterocycles. The molecule has 4 nitrogen and oxygen atoms in total. The highest BCUT2D eigenvalue weighted by Gasteiger charge is 2.41. The number of amides is 1. The molecule has 1 unspecified atom stereocenters. The SMILES string of the molecule is O=C(NC1CCNC2(CCC2)C1)c1cc(Br)c[nH]1. The second-order valence-electron chi connectivity index (χ2n) is 5.46. The van der Waals surface area contributed by atoms with Crippen molar-refractivity contribution >= 4 is 21.8 Å². The molecule has 3 rings (SSSR count). The van der Waals surface area contributed by atoms with Crippen LogP contribution in [0, 0.1) is 0 Å². The van der Waals surface area contributed by atoms with E-state index < -0.39 is 0 Å². The summed E-state index contributed by atoms with van der Waals surface area (Å²) >= 11 is 3.34. The summed E-state index contributed by atoms with van der Waals surface area (Å²) in [5.41, 5.74) is 0.954. The second-order valence-corrected chi connectivity index (χ2v) is 6.37. The molecule has 0 radical (unpaired) electrons. The number of hydrogen-bond acceptors (Lipinski definition) is 2. The number of H-pyrrole nitrogens is 1. The fourth-order valence-corrected chi connectivity index (χ4v) is 3.37. The molecule has 1 aromatic rings. The van der Waals surface area contributed by atoms with Crippen LogP contribution in [0.25, 0.3) is 0 Å². The molecule has 5 heteroatoms. The Labute approximate surface area is 115 Å². The van der Waals surface area contributed by atoms with Gasteiger partial charge in [0.25, 0.3) is 5.91 Å². The molecule has 1 aromatic heterocycles.